The molecule has 0 unspecified atom stereocenters. The van der Waals surface area contributed by atoms with Gasteiger partial charge in [-0.15, -0.1) is 0 Å². The van der Waals surface area contributed by atoms with Crippen molar-refractivity contribution in [2.24, 2.45) is 0 Å². The number of aromatic nitrogens is 2. The molecule has 1 aromatic carbocycles. The summed E-state index contributed by atoms with van der Waals surface area (Å²) in [4.78, 5) is 5.44. The molecular weight excluding hydrogens is 290 g/mol. The van der Waals surface area contributed by atoms with Crippen LogP contribution in [0.2, 0.25) is 0 Å². The fraction of sp³-hybridized carbons (Fsp3) is 0.389. The average Bonchev–Trinajstić information content (AvgIpc) is 3.05. The van der Waals surface area contributed by atoms with Gasteiger partial charge in [-0.3, -0.25) is 0 Å². The maximum Gasteiger partial charge on any atom is 0.143 e. The third-order valence-electron chi connectivity index (χ3n) is 4.14. The molecule has 2 aromatic heterocycles. The first-order valence-corrected chi connectivity index (χ1v) is 7.91. The van der Waals surface area contributed by atoms with E-state index in [2.05, 4.69) is 17.1 Å². The van der Waals surface area contributed by atoms with Gasteiger partial charge in [0.05, 0.1) is 23.1 Å². The van der Waals surface area contributed by atoms with Crippen molar-refractivity contribution in [2.75, 3.05) is 20.6 Å². The van der Waals surface area contributed by atoms with Crippen molar-refractivity contribution >= 4 is 10.9 Å². The van der Waals surface area contributed by atoms with Gasteiger partial charge in [0, 0.05) is 23.0 Å². The van der Waals surface area contributed by atoms with Crippen LogP contribution >= 0.6 is 0 Å². The highest BCUT2D eigenvalue weighted by atomic mass is 16.5. The summed E-state index contributed by atoms with van der Waals surface area (Å²) in [6.45, 7) is 4.52. The lowest BCUT2D eigenvalue weighted by Crippen LogP contribution is -2.20. The number of hydrogen-bond acceptors (Lipinski definition) is 4. The summed E-state index contributed by atoms with van der Waals surface area (Å²) in [7, 11) is 3.92. The molecule has 5 heteroatoms. The summed E-state index contributed by atoms with van der Waals surface area (Å²) in [5, 5.41) is 16.0. The van der Waals surface area contributed by atoms with E-state index in [1.165, 1.54) is 0 Å². The van der Waals surface area contributed by atoms with Crippen LogP contribution in [0.3, 0.4) is 0 Å². The summed E-state index contributed by atoms with van der Waals surface area (Å²) in [5.74, 6) is 0.770. The molecule has 3 aromatic rings. The zero-order chi connectivity index (χ0) is 16.6. The van der Waals surface area contributed by atoms with Crippen LogP contribution in [-0.4, -0.2) is 40.8 Å². The Hall–Kier alpha value is -2.11. The van der Waals surface area contributed by atoms with Gasteiger partial charge in [-0.05, 0) is 33.5 Å². The molecule has 0 fully saturated rings. The SMILES string of the molecule is CCc1noc(C)c1-c1[nH]c2ccccc2c1[C@@H](O)CN(C)C. The molecule has 0 aliphatic carbocycles. The lowest BCUT2D eigenvalue weighted by Gasteiger charge is -2.17. The fourth-order valence-corrected chi connectivity index (χ4v) is 3.12. The highest BCUT2D eigenvalue weighted by molar-refractivity contribution is 5.92. The standard InChI is InChI=1S/C18H23N3O2/c1-5-13-16(11(2)23-20-13)18-17(15(22)10-21(3)4)12-8-6-7-9-14(12)19-18/h6-9,15,19,22H,5,10H2,1-4H3/t15-/m0/s1. The Labute approximate surface area is 135 Å². The minimum atomic E-state index is -0.588. The van der Waals surface area contributed by atoms with Crippen LogP contribution in [0.5, 0.6) is 0 Å². The molecule has 0 spiro atoms. The predicted octanol–water partition coefficient (Wildman–Crippen LogP) is 3.29. The first kappa shape index (κ1) is 15.8. The Bertz CT molecular complexity index is 817. The van der Waals surface area contributed by atoms with Crippen molar-refractivity contribution in [1.29, 1.82) is 0 Å². The predicted molar refractivity (Wildman–Crippen MR) is 91.4 cm³/mol. The fourth-order valence-electron chi connectivity index (χ4n) is 3.12. The molecule has 0 saturated carbocycles. The molecule has 122 valence electrons. The highest BCUT2D eigenvalue weighted by Crippen LogP contribution is 2.38. The van der Waals surface area contributed by atoms with Crippen molar-refractivity contribution in [3.63, 3.8) is 0 Å². The van der Waals surface area contributed by atoms with Gasteiger partial charge in [-0.1, -0.05) is 30.3 Å². The van der Waals surface area contributed by atoms with E-state index in [0.29, 0.717) is 6.54 Å². The number of fused-ring (bicyclic) bond motifs is 1. The van der Waals surface area contributed by atoms with Gasteiger partial charge in [0.2, 0.25) is 0 Å². The second-order valence-corrected chi connectivity index (χ2v) is 6.15. The Morgan fingerprint density at radius 3 is 2.74 bits per heavy atom. The quantitative estimate of drug-likeness (QED) is 0.758. The maximum absolute atomic E-state index is 10.8. The van der Waals surface area contributed by atoms with Gasteiger partial charge in [0.1, 0.15) is 5.76 Å². The van der Waals surface area contributed by atoms with Gasteiger partial charge in [0.15, 0.2) is 0 Å². The Balaban J connectivity index is 2.25. The summed E-state index contributed by atoms with van der Waals surface area (Å²) >= 11 is 0. The first-order valence-electron chi connectivity index (χ1n) is 7.91. The molecule has 2 heterocycles. The molecule has 3 rings (SSSR count). The number of benzene rings is 1. The van der Waals surface area contributed by atoms with E-state index in [1.807, 2.05) is 50.2 Å². The number of aromatic amines is 1. The summed E-state index contributed by atoms with van der Waals surface area (Å²) < 4.78 is 5.39. The van der Waals surface area contributed by atoms with Crippen molar-refractivity contribution in [2.45, 2.75) is 26.4 Å². The minimum Gasteiger partial charge on any atom is -0.387 e. The molecule has 23 heavy (non-hydrogen) atoms. The third-order valence-corrected chi connectivity index (χ3v) is 4.14. The number of aliphatic hydroxyl groups excluding tert-OH is 1. The van der Waals surface area contributed by atoms with Crippen LogP contribution in [0, 0.1) is 6.92 Å². The first-order chi connectivity index (χ1) is 11.0. The van der Waals surface area contributed by atoms with Gasteiger partial charge >= 0.3 is 0 Å². The van der Waals surface area contributed by atoms with E-state index in [1.54, 1.807) is 0 Å². The van der Waals surface area contributed by atoms with Gasteiger partial charge in [-0.25, -0.2) is 0 Å². The van der Waals surface area contributed by atoms with Crippen LogP contribution in [-0.2, 0) is 6.42 Å². The summed E-state index contributed by atoms with van der Waals surface area (Å²) in [6.07, 6.45) is 0.195. The molecule has 0 amide bonds. The molecule has 1 atom stereocenters. The maximum atomic E-state index is 10.8. The number of nitrogens with zero attached hydrogens (tertiary/aromatic N) is 2. The molecule has 2 N–H and O–H groups in total. The number of aliphatic hydroxyl groups is 1. The highest BCUT2D eigenvalue weighted by Gasteiger charge is 2.25. The van der Waals surface area contributed by atoms with Gasteiger partial charge in [0.25, 0.3) is 0 Å². The second-order valence-electron chi connectivity index (χ2n) is 6.15. The number of likely N-dealkylation sites (N-methyl/N-ethyl adjacent to an activating group) is 1. The number of hydrogen-bond donors (Lipinski definition) is 2. The van der Waals surface area contributed by atoms with Crippen molar-refractivity contribution < 1.29 is 9.63 Å². The number of H-pyrrole nitrogens is 1. The number of rotatable bonds is 5. The van der Waals surface area contributed by atoms with E-state index in [0.717, 1.165) is 45.6 Å². The monoisotopic (exact) mass is 313 g/mol. The molecule has 0 saturated heterocycles. The zero-order valence-corrected chi connectivity index (χ0v) is 14.1. The molecule has 0 bridgehead atoms. The largest absolute Gasteiger partial charge is 0.387 e. The molecule has 0 aliphatic heterocycles. The number of para-hydroxylation sites is 1. The van der Waals surface area contributed by atoms with Crippen LogP contribution in [0.4, 0.5) is 0 Å². The number of nitrogens with one attached hydrogen (secondary N) is 1. The molecule has 0 aliphatic rings. The van der Waals surface area contributed by atoms with Crippen molar-refractivity contribution in [3.05, 3.63) is 41.3 Å². The van der Waals surface area contributed by atoms with E-state index >= 15 is 0 Å². The van der Waals surface area contributed by atoms with Crippen molar-refractivity contribution in [1.82, 2.24) is 15.0 Å². The molecular formula is C18H23N3O2. The smallest absolute Gasteiger partial charge is 0.143 e. The molecule has 5 nitrogen and oxygen atoms in total. The zero-order valence-electron chi connectivity index (χ0n) is 14.1. The Kier molecular flexibility index (Phi) is 4.24. The van der Waals surface area contributed by atoms with E-state index in [-0.39, 0.29) is 0 Å². The van der Waals surface area contributed by atoms with E-state index in [9.17, 15) is 5.11 Å². The Morgan fingerprint density at radius 2 is 2.04 bits per heavy atom. The lowest BCUT2D eigenvalue weighted by molar-refractivity contribution is 0.140. The summed E-state index contributed by atoms with van der Waals surface area (Å²) in [6, 6.07) is 8.05. The van der Waals surface area contributed by atoms with Crippen LogP contribution in [0.25, 0.3) is 22.2 Å². The minimum absolute atomic E-state index is 0.556. The number of aryl methyl sites for hydroxylation is 2. The normalized spacial score (nSPS) is 13.1. The third kappa shape index (κ3) is 2.78. The van der Waals surface area contributed by atoms with E-state index < -0.39 is 6.10 Å². The van der Waals surface area contributed by atoms with Gasteiger partial charge in [-0.2, -0.15) is 0 Å². The van der Waals surface area contributed by atoms with Crippen LogP contribution in [0.15, 0.2) is 28.8 Å². The second kappa shape index (κ2) is 6.18. The summed E-state index contributed by atoms with van der Waals surface area (Å²) in [5.41, 5.74) is 4.72. The van der Waals surface area contributed by atoms with Crippen LogP contribution < -0.4 is 0 Å². The van der Waals surface area contributed by atoms with E-state index in [4.69, 9.17) is 4.52 Å². The van der Waals surface area contributed by atoms with Gasteiger partial charge < -0.3 is 19.5 Å². The molecule has 0 radical (unpaired) electrons. The van der Waals surface area contributed by atoms with Crippen LogP contribution in [0.1, 0.15) is 30.0 Å². The topological polar surface area (TPSA) is 65.3 Å². The average molecular weight is 313 g/mol. The van der Waals surface area contributed by atoms with Crippen molar-refractivity contribution in [3.8, 4) is 11.3 Å². The Morgan fingerprint density at radius 1 is 1.30 bits per heavy atom. The lowest BCUT2D eigenvalue weighted by atomic mass is 9.98.